The van der Waals surface area contributed by atoms with Crippen LogP contribution in [0.4, 0.5) is 0 Å². The number of rotatable bonds is 3. The lowest BCUT2D eigenvalue weighted by Gasteiger charge is -1.98. The maximum atomic E-state index is 5.09. The van der Waals surface area contributed by atoms with Gasteiger partial charge in [-0.3, -0.25) is 0 Å². The Morgan fingerprint density at radius 3 is 2.50 bits per heavy atom. The maximum Gasteiger partial charge on any atom is 0.118 e. The molecule has 0 N–H and O–H groups in total. The minimum absolute atomic E-state index is 0.860. The Labute approximate surface area is 94.4 Å². The first-order valence-corrected chi connectivity index (χ1v) is 4.96. The molecule has 0 unspecified atom stereocenters. The van der Waals surface area contributed by atoms with E-state index in [1.165, 1.54) is 6.33 Å². The average molecular weight is 212 g/mol. The third-order valence-electron chi connectivity index (χ3n) is 2.17. The van der Waals surface area contributed by atoms with Crippen LogP contribution in [0.3, 0.4) is 0 Å². The molecule has 0 aliphatic carbocycles. The van der Waals surface area contributed by atoms with Gasteiger partial charge >= 0.3 is 0 Å². The van der Waals surface area contributed by atoms with Crippen LogP contribution in [0.2, 0.25) is 0 Å². The highest BCUT2D eigenvalue weighted by Crippen LogP contribution is 2.13. The molecule has 0 amide bonds. The van der Waals surface area contributed by atoms with Crippen LogP contribution in [-0.2, 0) is 0 Å². The third-order valence-corrected chi connectivity index (χ3v) is 2.17. The van der Waals surface area contributed by atoms with Gasteiger partial charge in [0, 0.05) is 6.20 Å². The topological polar surface area (TPSA) is 35.0 Å². The van der Waals surface area contributed by atoms with E-state index in [1.807, 2.05) is 42.5 Å². The van der Waals surface area contributed by atoms with E-state index in [-0.39, 0.29) is 0 Å². The highest BCUT2D eigenvalue weighted by Gasteiger charge is 1.90. The second kappa shape index (κ2) is 5.07. The molecule has 2 aromatic rings. The molecule has 0 spiro atoms. The number of methoxy groups -OCH3 is 1. The molecule has 2 rings (SSSR count). The highest BCUT2D eigenvalue weighted by molar-refractivity contribution is 5.67. The predicted octanol–water partition coefficient (Wildman–Crippen LogP) is 2.66. The van der Waals surface area contributed by atoms with Crippen molar-refractivity contribution in [2.75, 3.05) is 7.11 Å². The number of benzene rings is 1. The second-order valence-corrected chi connectivity index (χ2v) is 3.24. The third kappa shape index (κ3) is 2.67. The van der Waals surface area contributed by atoms with Gasteiger partial charge in [0.05, 0.1) is 12.8 Å². The van der Waals surface area contributed by atoms with Gasteiger partial charge in [0.15, 0.2) is 0 Å². The largest absolute Gasteiger partial charge is 0.497 e. The molecule has 0 fully saturated rings. The zero-order valence-electron chi connectivity index (χ0n) is 9.00. The molecular formula is C13H12N2O. The molecule has 0 saturated heterocycles. The summed E-state index contributed by atoms with van der Waals surface area (Å²) in [6.45, 7) is 0. The van der Waals surface area contributed by atoms with Crippen LogP contribution in [0.15, 0.2) is 42.9 Å². The van der Waals surface area contributed by atoms with Crippen LogP contribution in [-0.4, -0.2) is 17.1 Å². The summed E-state index contributed by atoms with van der Waals surface area (Å²) in [5.74, 6) is 0.860. The fourth-order valence-electron chi connectivity index (χ4n) is 1.30. The van der Waals surface area contributed by atoms with Gasteiger partial charge in [-0.15, -0.1) is 0 Å². The quantitative estimate of drug-likeness (QED) is 0.784. The molecule has 1 heterocycles. The first-order valence-electron chi connectivity index (χ1n) is 4.96. The van der Waals surface area contributed by atoms with Crippen LogP contribution >= 0.6 is 0 Å². The van der Waals surface area contributed by atoms with Gasteiger partial charge in [-0.05, 0) is 29.8 Å². The molecular weight excluding hydrogens is 200 g/mol. The minimum atomic E-state index is 0.860. The van der Waals surface area contributed by atoms with Crippen molar-refractivity contribution in [2.45, 2.75) is 0 Å². The van der Waals surface area contributed by atoms with E-state index in [0.717, 1.165) is 17.0 Å². The fourth-order valence-corrected chi connectivity index (χ4v) is 1.30. The van der Waals surface area contributed by atoms with Crippen molar-refractivity contribution in [3.05, 3.63) is 54.1 Å². The zero-order chi connectivity index (χ0) is 11.2. The molecule has 1 aromatic carbocycles. The van der Waals surface area contributed by atoms with Crippen LogP contribution in [0.25, 0.3) is 12.2 Å². The molecule has 0 bridgehead atoms. The Balaban J connectivity index is 2.12. The van der Waals surface area contributed by atoms with Crippen LogP contribution < -0.4 is 4.74 Å². The van der Waals surface area contributed by atoms with E-state index in [4.69, 9.17) is 4.74 Å². The molecule has 80 valence electrons. The maximum absolute atomic E-state index is 5.09. The lowest BCUT2D eigenvalue weighted by molar-refractivity contribution is 0.415. The van der Waals surface area contributed by atoms with Crippen LogP contribution in [0, 0.1) is 0 Å². The highest BCUT2D eigenvalue weighted by atomic mass is 16.5. The Morgan fingerprint density at radius 1 is 1.06 bits per heavy atom. The monoisotopic (exact) mass is 212 g/mol. The average Bonchev–Trinajstić information content (AvgIpc) is 2.38. The summed E-state index contributed by atoms with van der Waals surface area (Å²) in [5, 5.41) is 0. The van der Waals surface area contributed by atoms with Crippen molar-refractivity contribution < 1.29 is 4.74 Å². The summed E-state index contributed by atoms with van der Waals surface area (Å²) in [6.07, 6.45) is 7.21. The SMILES string of the molecule is COc1ccc(/C=C/c2ccncn2)cc1. The van der Waals surface area contributed by atoms with E-state index in [1.54, 1.807) is 13.3 Å². The summed E-state index contributed by atoms with van der Waals surface area (Å²) in [5.41, 5.74) is 2.00. The van der Waals surface area contributed by atoms with Crippen molar-refractivity contribution in [2.24, 2.45) is 0 Å². The first kappa shape index (κ1) is 10.4. The summed E-state index contributed by atoms with van der Waals surface area (Å²) in [4.78, 5) is 7.97. The van der Waals surface area contributed by atoms with Gasteiger partial charge < -0.3 is 4.74 Å². The fraction of sp³-hybridized carbons (Fsp3) is 0.0769. The number of hydrogen-bond donors (Lipinski definition) is 0. The van der Waals surface area contributed by atoms with Gasteiger partial charge in [0.25, 0.3) is 0 Å². The molecule has 3 nitrogen and oxygen atoms in total. The molecule has 16 heavy (non-hydrogen) atoms. The second-order valence-electron chi connectivity index (χ2n) is 3.24. The van der Waals surface area contributed by atoms with Gasteiger partial charge in [-0.25, -0.2) is 9.97 Å². The van der Waals surface area contributed by atoms with Crippen LogP contribution in [0.5, 0.6) is 5.75 Å². The molecule has 0 aliphatic rings. The molecule has 0 radical (unpaired) electrons. The van der Waals surface area contributed by atoms with Crippen molar-refractivity contribution in [1.82, 2.24) is 9.97 Å². The normalized spacial score (nSPS) is 10.6. The van der Waals surface area contributed by atoms with Gasteiger partial charge in [-0.1, -0.05) is 18.2 Å². The van der Waals surface area contributed by atoms with E-state index in [2.05, 4.69) is 9.97 Å². The molecule has 1 aromatic heterocycles. The summed E-state index contributed by atoms with van der Waals surface area (Å²) >= 11 is 0. The van der Waals surface area contributed by atoms with E-state index < -0.39 is 0 Å². The van der Waals surface area contributed by atoms with Crippen LogP contribution in [0.1, 0.15) is 11.3 Å². The number of hydrogen-bond acceptors (Lipinski definition) is 3. The van der Waals surface area contributed by atoms with Crippen molar-refractivity contribution in [1.29, 1.82) is 0 Å². The lowest BCUT2D eigenvalue weighted by Crippen LogP contribution is -1.82. The van der Waals surface area contributed by atoms with Gasteiger partial charge in [-0.2, -0.15) is 0 Å². The minimum Gasteiger partial charge on any atom is -0.497 e. The van der Waals surface area contributed by atoms with Gasteiger partial charge in [0.1, 0.15) is 12.1 Å². The predicted molar refractivity (Wildman–Crippen MR) is 64.0 cm³/mol. The Hall–Kier alpha value is -2.16. The number of ether oxygens (including phenoxy) is 1. The van der Waals surface area contributed by atoms with E-state index in [9.17, 15) is 0 Å². The Bertz CT molecular complexity index is 463. The van der Waals surface area contributed by atoms with Crippen molar-refractivity contribution in [3.63, 3.8) is 0 Å². The van der Waals surface area contributed by atoms with Crippen molar-refractivity contribution >= 4 is 12.2 Å². The summed E-state index contributed by atoms with van der Waals surface area (Å²) in [7, 11) is 1.66. The number of nitrogens with zero attached hydrogens (tertiary/aromatic N) is 2. The lowest BCUT2D eigenvalue weighted by atomic mass is 10.2. The summed E-state index contributed by atoms with van der Waals surface area (Å²) < 4.78 is 5.09. The standard InChI is InChI=1S/C13H12N2O/c1-16-13-6-3-11(4-7-13)2-5-12-8-9-14-10-15-12/h2-10H,1H3/b5-2+. The molecule has 0 atom stereocenters. The zero-order valence-corrected chi connectivity index (χ0v) is 9.00. The summed E-state index contributed by atoms with van der Waals surface area (Å²) in [6, 6.07) is 9.71. The van der Waals surface area contributed by atoms with Gasteiger partial charge in [0.2, 0.25) is 0 Å². The molecule has 0 saturated carbocycles. The van der Waals surface area contributed by atoms with E-state index in [0.29, 0.717) is 0 Å². The number of aromatic nitrogens is 2. The first-order chi connectivity index (χ1) is 7.88. The molecule has 0 aliphatic heterocycles. The van der Waals surface area contributed by atoms with Crippen molar-refractivity contribution in [3.8, 4) is 5.75 Å². The smallest absolute Gasteiger partial charge is 0.118 e. The Kier molecular flexibility index (Phi) is 3.28. The van der Waals surface area contributed by atoms with E-state index >= 15 is 0 Å². The molecule has 3 heteroatoms. The Morgan fingerprint density at radius 2 is 1.88 bits per heavy atom.